The van der Waals surface area contributed by atoms with Crippen LogP contribution in [0.5, 0.6) is 0 Å². The number of imide groups is 1. The quantitative estimate of drug-likeness (QED) is 0.574. The monoisotopic (exact) mass is 389 g/mol. The first kappa shape index (κ1) is 16.2. The van der Waals surface area contributed by atoms with Gasteiger partial charge in [-0.1, -0.05) is 60.7 Å². The molecule has 2 amide bonds. The molecule has 0 radical (unpaired) electrons. The average molecular weight is 389 g/mol. The normalized spacial score (nSPS) is 19.0. The van der Waals surface area contributed by atoms with Crippen molar-refractivity contribution in [3.63, 3.8) is 0 Å². The summed E-state index contributed by atoms with van der Waals surface area (Å²) in [5.41, 5.74) is 2.99. The molecule has 29 heavy (non-hydrogen) atoms. The van der Waals surface area contributed by atoms with Gasteiger partial charge in [0.05, 0.1) is 2.74 Å². The lowest BCUT2D eigenvalue weighted by Gasteiger charge is -2.18. The maximum absolute atomic E-state index is 13.3. The van der Waals surface area contributed by atoms with Crippen LogP contribution in [0.15, 0.2) is 84.9 Å². The molecular weight excluding hydrogens is 369 g/mol. The van der Waals surface area contributed by atoms with Gasteiger partial charge in [-0.05, 0) is 46.5 Å². The van der Waals surface area contributed by atoms with Gasteiger partial charge in [0.2, 0.25) is 0 Å². The summed E-state index contributed by atoms with van der Waals surface area (Å²) in [7, 11) is 0. The van der Waals surface area contributed by atoms with Gasteiger partial charge in [0.25, 0.3) is 5.91 Å². The van der Waals surface area contributed by atoms with Crippen LogP contribution >= 0.6 is 0 Å². The molecule has 1 aliphatic rings. The van der Waals surface area contributed by atoms with Crippen LogP contribution in [0.4, 0.5) is 9.18 Å². The van der Waals surface area contributed by atoms with Crippen LogP contribution in [0.1, 0.15) is 19.9 Å². The number of carbonyl (C=O) groups excluding carboxylic acids is 2. The predicted molar refractivity (Wildman–Crippen MR) is 108 cm³/mol. The highest BCUT2D eigenvalue weighted by Crippen LogP contribution is 2.28. The number of cyclic esters (lactones) is 1. The minimum absolute atomic E-state index is 0.255. The van der Waals surface area contributed by atoms with Crippen molar-refractivity contribution in [2.75, 3.05) is 6.56 Å². The van der Waals surface area contributed by atoms with E-state index in [0.29, 0.717) is 4.90 Å². The maximum atomic E-state index is 13.3. The summed E-state index contributed by atoms with van der Waals surface area (Å²) in [6.07, 6.45) is 1.66. The molecule has 3 aromatic carbocycles. The van der Waals surface area contributed by atoms with E-state index in [4.69, 9.17) is 7.48 Å². The maximum Gasteiger partial charge on any atom is 0.417 e. The molecule has 5 heteroatoms. The molecule has 1 aliphatic heterocycles. The zero-order chi connectivity index (χ0) is 22.0. The fourth-order valence-electron chi connectivity index (χ4n) is 3.09. The summed E-state index contributed by atoms with van der Waals surface area (Å²) in [4.78, 5) is 25.8. The Morgan fingerprint density at radius 2 is 1.76 bits per heavy atom. The Bertz CT molecular complexity index is 1150. The lowest BCUT2D eigenvalue weighted by molar-refractivity contribution is -0.124. The molecule has 3 aromatic rings. The first-order valence-electron chi connectivity index (χ1n) is 10.0. The highest BCUT2D eigenvalue weighted by Gasteiger charge is 2.37. The molecule has 1 unspecified atom stereocenters. The van der Waals surface area contributed by atoms with Gasteiger partial charge in [-0.15, -0.1) is 0 Å². The molecule has 1 atom stereocenters. The third-order valence-corrected chi connectivity index (χ3v) is 4.55. The van der Waals surface area contributed by atoms with Crippen LogP contribution in [0.3, 0.4) is 0 Å². The first-order valence-corrected chi connectivity index (χ1v) is 9.00. The van der Waals surface area contributed by atoms with Crippen LogP contribution < -0.4 is 0 Å². The van der Waals surface area contributed by atoms with Crippen molar-refractivity contribution >= 4 is 18.1 Å². The van der Waals surface area contributed by atoms with E-state index in [1.54, 1.807) is 6.08 Å². The van der Waals surface area contributed by atoms with E-state index in [1.807, 2.05) is 54.6 Å². The summed E-state index contributed by atoms with van der Waals surface area (Å²) in [5.74, 6) is -1.24. The molecule has 0 spiro atoms. The van der Waals surface area contributed by atoms with Crippen molar-refractivity contribution < 1.29 is 21.5 Å². The van der Waals surface area contributed by atoms with Crippen molar-refractivity contribution in [2.45, 2.75) is 6.04 Å². The molecule has 1 heterocycles. The summed E-state index contributed by atoms with van der Waals surface area (Å²) in [5, 5.41) is 0. The van der Waals surface area contributed by atoms with Gasteiger partial charge in [0.15, 0.2) is 0 Å². The van der Waals surface area contributed by atoms with Crippen LogP contribution in [0, 0.1) is 5.82 Å². The number of halogens is 1. The highest BCUT2D eigenvalue weighted by molar-refractivity contribution is 6.02. The first-order chi connectivity index (χ1) is 14.8. The van der Waals surface area contributed by atoms with Crippen molar-refractivity contribution in [1.29, 1.82) is 0 Å². The fourth-order valence-corrected chi connectivity index (χ4v) is 3.09. The molecule has 0 N–H and O–H groups in total. The van der Waals surface area contributed by atoms with Gasteiger partial charge < -0.3 is 4.74 Å². The molecule has 0 saturated carbocycles. The number of benzene rings is 3. The Balaban J connectivity index is 1.60. The van der Waals surface area contributed by atoms with E-state index in [1.165, 1.54) is 18.2 Å². The Hall–Kier alpha value is -3.73. The number of ether oxygens (including phenoxy) is 1. The topological polar surface area (TPSA) is 46.6 Å². The number of hydrogen-bond acceptors (Lipinski definition) is 3. The van der Waals surface area contributed by atoms with Gasteiger partial charge >= 0.3 is 6.09 Å². The summed E-state index contributed by atoms with van der Waals surface area (Å²) in [6, 6.07) is 20.9. The van der Waals surface area contributed by atoms with Gasteiger partial charge in [-0.25, -0.2) is 14.1 Å². The summed E-state index contributed by atoms with van der Waals surface area (Å²) in [6.45, 7) is -2.44. The number of rotatable bonds is 4. The van der Waals surface area contributed by atoms with E-state index >= 15 is 0 Å². The second-order valence-corrected chi connectivity index (χ2v) is 6.47. The number of carbonyl (C=O) groups is 2. The molecule has 0 aromatic heterocycles. The highest BCUT2D eigenvalue weighted by atomic mass is 19.1. The van der Waals surface area contributed by atoms with E-state index in [2.05, 4.69) is 0 Å². The smallest absolute Gasteiger partial charge is 0.417 e. The SMILES string of the molecule is [2H]C1([2H])OC(=O)N(C(=O)/C=C/c2cccc(-c3ccccc3)c2)C1c1ccc(F)cc1. The molecule has 1 fully saturated rings. The molecule has 4 rings (SSSR count). The molecule has 0 aliphatic carbocycles. The van der Waals surface area contributed by atoms with Crippen molar-refractivity contribution in [2.24, 2.45) is 0 Å². The molecule has 144 valence electrons. The third-order valence-electron chi connectivity index (χ3n) is 4.55. The van der Waals surface area contributed by atoms with E-state index in [0.717, 1.165) is 28.8 Å². The van der Waals surface area contributed by atoms with Gasteiger partial charge in [0, 0.05) is 6.08 Å². The van der Waals surface area contributed by atoms with Crippen molar-refractivity contribution in [1.82, 2.24) is 4.90 Å². The van der Waals surface area contributed by atoms with Gasteiger partial charge in [-0.2, -0.15) is 0 Å². The van der Waals surface area contributed by atoms with E-state index < -0.39 is 30.4 Å². The largest absolute Gasteiger partial charge is 0.446 e. The van der Waals surface area contributed by atoms with Crippen LogP contribution in [-0.4, -0.2) is 23.5 Å². The number of hydrogen-bond donors (Lipinski definition) is 0. The van der Waals surface area contributed by atoms with Gasteiger partial charge in [0.1, 0.15) is 18.4 Å². The Morgan fingerprint density at radius 1 is 1.03 bits per heavy atom. The second kappa shape index (κ2) is 8.10. The summed E-state index contributed by atoms with van der Waals surface area (Å²) >= 11 is 0. The minimum Gasteiger partial charge on any atom is -0.446 e. The summed E-state index contributed by atoms with van der Waals surface area (Å²) < 4.78 is 34.1. The zero-order valence-corrected chi connectivity index (χ0v) is 15.3. The average Bonchev–Trinajstić information content (AvgIpc) is 3.01. The van der Waals surface area contributed by atoms with Crippen LogP contribution in [-0.2, 0) is 9.53 Å². The van der Waals surface area contributed by atoms with Crippen molar-refractivity contribution in [3.8, 4) is 11.1 Å². The van der Waals surface area contributed by atoms with E-state index in [-0.39, 0.29) is 5.56 Å². The minimum atomic E-state index is -2.44. The predicted octanol–water partition coefficient (Wildman–Crippen LogP) is 5.23. The third kappa shape index (κ3) is 4.09. The van der Waals surface area contributed by atoms with Gasteiger partial charge in [-0.3, -0.25) is 4.79 Å². The molecule has 1 saturated heterocycles. The lowest BCUT2D eigenvalue weighted by Crippen LogP contribution is -2.32. The molecular formula is C24H18FNO3. The van der Waals surface area contributed by atoms with E-state index in [9.17, 15) is 14.0 Å². The zero-order valence-electron chi connectivity index (χ0n) is 17.3. The van der Waals surface area contributed by atoms with Crippen LogP contribution in [0.25, 0.3) is 17.2 Å². The Morgan fingerprint density at radius 3 is 2.52 bits per heavy atom. The Kier molecular flexibility index (Phi) is 4.54. The number of amides is 2. The lowest BCUT2D eigenvalue weighted by atomic mass is 10.0. The standard InChI is InChI=1S/C24H18FNO3/c25-21-12-10-19(11-13-21)22-16-29-24(28)26(22)23(27)14-9-17-5-4-8-20(15-17)18-6-2-1-3-7-18/h1-15,22H,16H2/b14-9+/i16D2. The Labute approximate surface area is 170 Å². The van der Waals surface area contributed by atoms with Crippen LogP contribution in [0.2, 0.25) is 0 Å². The fraction of sp³-hybridized carbons (Fsp3) is 0.0833. The van der Waals surface area contributed by atoms with Crippen molar-refractivity contribution in [3.05, 3.63) is 102 Å². The molecule has 4 nitrogen and oxygen atoms in total. The molecule has 0 bridgehead atoms. The number of nitrogens with zero attached hydrogens (tertiary/aromatic N) is 1. The second-order valence-electron chi connectivity index (χ2n) is 6.47.